The topological polar surface area (TPSA) is 66.4 Å². The molecule has 1 amide bonds. The third-order valence-corrected chi connectivity index (χ3v) is 1.72. The first kappa shape index (κ1) is 11.0. The molecule has 0 atom stereocenters. The number of hydrogen-bond acceptors (Lipinski definition) is 2. The maximum absolute atomic E-state index is 11.1. The Balaban J connectivity index is 2.72. The normalized spacial score (nSPS) is 10.2. The van der Waals surface area contributed by atoms with Crippen molar-refractivity contribution < 1.29 is 14.7 Å². The van der Waals surface area contributed by atoms with Crippen LogP contribution >= 0.6 is 0 Å². The standard InChI is InChI=1S/C11H11NO3/c1-2-3-10(13)12-9-6-4-8(5-7-9)11(14)15/h2-7H,1H3,(H,12,13)(H,14,15)/b3-2+. The fourth-order valence-electron chi connectivity index (χ4n) is 1.03. The fourth-order valence-corrected chi connectivity index (χ4v) is 1.03. The number of amides is 1. The van der Waals surface area contributed by atoms with E-state index in [2.05, 4.69) is 5.32 Å². The van der Waals surface area contributed by atoms with Crippen molar-refractivity contribution in [2.75, 3.05) is 5.32 Å². The van der Waals surface area contributed by atoms with Crippen molar-refractivity contribution in [1.29, 1.82) is 0 Å². The molecule has 15 heavy (non-hydrogen) atoms. The molecule has 0 saturated heterocycles. The maximum atomic E-state index is 11.1. The summed E-state index contributed by atoms with van der Waals surface area (Å²) in [5.74, 6) is -1.22. The van der Waals surface area contributed by atoms with E-state index < -0.39 is 5.97 Å². The van der Waals surface area contributed by atoms with Crippen molar-refractivity contribution in [2.45, 2.75) is 6.92 Å². The van der Waals surface area contributed by atoms with Crippen LogP contribution in [0.5, 0.6) is 0 Å². The average molecular weight is 205 g/mol. The summed E-state index contributed by atoms with van der Waals surface area (Å²) < 4.78 is 0. The minimum atomic E-state index is -0.985. The van der Waals surface area contributed by atoms with E-state index in [4.69, 9.17) is 5.11 Å². The quantitative estimate of drug-likeness (QED) is 0.740. The monoisotopic (exact) mass is 205 g/mol. The fraction of sp³-hybridized carbons (Fsp3) is 0.0909. The van der Waals surface area contributed by atoms with Crippen LogP contribution in [-0.2, 0) is 4.79 Å². The molecule has 0 aliphatic carbocycles. The second-order valence-electron chi connectivity index (χ2n) is 2.87. The Hall–Kier alpha value is -2.10. The lowest BCUT2D eigenvalue weighted by Crippen LogP contribution is -2.07. The highest BCUT2D eigenvalue weighted by Gasteiger charge is 2.02. The predicted molar refractivity (Wildman–Crippen MR) is 56.8 cm³/mol. The summed E-state index contributed by atoms with van der Waals surface area (Å²) >= 11 is 0. The molecule has 1 aromatic carbocycles. The SMILES string of the molecule is C/C=C/C(=O)Nc1ccc(C(=O)O)cc1. The Bertz CT molecular complexity index is 393. The van der Waals surface area contributed by atoms with Gasteiger partial charge in [0.1, 0.15) is 0 Å². The summed E-state index contributed by atoms with van der Waals surface area (Å²) in [4.78, 5) is 21.7. The minimum Gasteiger partial charge on any atom is -0.478 e. The van der Waals surface area contributed by atoms with Gasteiger partial charge in [-0.25, -0.2) is 4.79 Å². The van der Waals surface area contributed by atoms with Crippen LogP contribution in [0, 0.1) is 0 Å². The Morgan fingerprint density at radius 2 is 1.87 bits per heavy atom. The number of allylic oxidation sites excluding steroid dienone is 1. The Labute approximate surface area is 87.2 Å². The molecule has 0 aromatic heterocycles. The van der Waals surface area contributed by atoms with Gasteiger partial charge in [-0.05, 0) is 37.3 Å². The van der Waals surface area contributed by atoms with Gasteiger partial charge in [0, 0.05) is 5.69 Å². The number of rotatable bonds is 3. The number of carboxylic acid groups (broad SMARTS) is 1. The molecule has 2 N–H and O–H groups in total. The van der Waals surface area contributed by atoms with Crippen molar-refractivity contribution in [1.82, 2.24) is 0 Å². The van der Waals surface area contributed by atoms with Crippen LogP contribution < -0.4 is 5.32 Å². The van der Waals surface area contributed by atoms with Crippen LogP contribution in [0.15, 0.2) is 36.4 Å². The van der Waals surface area contributed by atoms with Crippen LogP contribution in [0.3, 0.4) is 0 Å². The van der Waals surface area contributed by atoms with Gasteiger partial charge in [0.25, 0.3) is 0 Å². The molecule has 0 heterocycles. The molecule has 1 aromatic rings. The number of carboxylic acids is 1. The van der Waals surface area contributed by atoms with Crippen molar-refractivity contribution in [3.63, 3.8) is 0 Å². The van der Waals surface area contributed by atoms with Gasteiger partial charge in [0.05, 0.1) is 5.56 Å². The molecule has 0 radical (unpaired) electrons. The molecule has 0 fully saturated rings. The second kappa shape index (κ2) is 4.95. The lowest BCUT2D eigenvalue weighted by molar-refractivity contribution is -0.111. The maximum Gasteiger partial charge on any atom is 0.335 e. The van der Waals surface area contributed by atoms with Gasteiger partial charge in [0.2, 0.25) is 5.91 Å². The number of carbonyl (C=O) groups is 2. The highest BCUT2D eigenvalue weighted by Crippen LogP contribution is 2.09. The molecule has 4 nitrogen and oxygen atoms in total. The van der Waals surface area contributed by atoms with Gasteiger partial charge in [-0.2, -0.15) is 0 Å². The van der Waals surface area contributed by atoms with E-state index >= 15 is 0 Å². The largest absolute Gasteiger partial charge is 0.478 e. The van der Waals surface area contributed by atoms with Gasteiger partial charge >= 0.3 is 5.97 Å². The van der Waals surface area contributed by atoms with Gasteiger partial charge in [-0.1, -0.05) is 6.08 Å². The lowest BCUT2D eigenvalue weighted by atomic mass is 10.2. The third kappa shape index (κ3) is 3.27. The van der Waals surface area contributed by atoms with Crippen LogP contribution in [0.4, 0.5) is 5.69 Å². The van der Waals surface area contributed by atoms with Crippen LogP contribution in [0.1, 0.15) is 17.3 Å². The molecule has 1 rings (SSSR count). The minimum absolute atomic E-state index is 0.194. The lowest BCUT2D eigenvalue weighted by Gasteiger charge is -2.01. The third-order valence-electron chi connectivity index (χ3n) is 1.72. The van der Waals surface area contributed by atoms with Crippen molar-refractivity contribution in [2.24, 2.45) is 0 Å². The first-order valence-electron chi connectivity index (χ1n) is 4.40. The first-order valence-corrected chi connectivity index (χ1v) is 4.40. The molecule has 4 heteroatoms. The van der Waals surface area contributed by atoms with Gasteiger partial charge < -0.3 is 10.4 Å². The zero-order valence-electron chi connectivity index (χ0n) is 8.23. The van der Waals surface area contributed by atoms with Gasteiger partial charge in [-0.15, -0.1) is 0 Å². The number of carbonyl (C=O) groups excluding carboxylic acids is 1. The smallest absolute Gasteiger partial charge is 0.335 e. The van der Waals surface area contributed by atoms with E-state index in [0.717, 1.165) is 0 Å². The number of nitrogens with one attached hydrogen (secondary N) is 1. The molecule has 78 valence electrons. The molecule has 0 spiro atoms. The van der Waals surface area contributed by atoms with Crippen LogP contribution in [0.25, 0.3) is 0 Å². The molecular formula is C11H11NO3. The zero-order valence-corrected chi connectivity index (χ0v) is 8.23. The van der Waals surface area contributed by atoms with Gasteiger partial charge in [0.15, 0.2) is 0 Å². The summed E-state index contributed by atoms with van der Waals surface area (Å²) in [5.41, 5.74) is 0.766. The van der Waals surface area contributed by atoms with E-state index in [1.165, 1.54) is 18.2 Å². The van der Waals surface area contributed by atoms with Crippen molar-refractivity contribution in [3.05, 3.63) is 42.0 Å². The molecule has 0 saturated carbocycles. The first-order chi connectivity index (χ1) is 7.13. The van der Waals surface area contributed by atoms with E-state index in [1.807, 2.05) is 0 Å². The Morgan fingerprint density at radius 1 is 1.27 bits per heavy atom. The number of benzene rings is 1. The molecule has 0 bridgehead atoms. The summed E-state index contributed by atoms with van der Waals surface area (Å²) in [6, 6.07) is 5.97. The van der Waals surface area contributed by atoms with Crippen molar-refractivity contribution >= 4 is 17.6 Å². The van der Waals surface area contributed by atoms with E-state index in [-0.39, 0.29) is 11.5 Å². The highest BCUT2D eigenvalue weighted by molar-refractivity contribution is 5.99. The molecular weight excluding hydrogens is 194 g/mol. The molecule has 0 aliphatic rings. The zero-order chi connectivity index (χ0) is 11.3. The van der Waals surface area contributed by atoms with E-state index in [9.17, 15) is 9.59 Å². The summed E-state index contributed by atoms with van der Waals surface area (Å²) in [5, 5.41) is 11.2. The molecule has 0 aliphatic heterocycles. The summed E-state index contributed by atoms with van der Waals surface area (Å²) in [7, 11) is 0. The number of hydrogen-bond donors (Lipinski definition) is 2. The highest BCUT2D eigenvalue weighted by atomic mass is 16.4. The Kier molecular flexibility index (Phi) is 3.62. The van der Waals surface area contributed by atoms with Crippen LogP contribution in [0.2, 0.25) is 0 Å². The van der Waals surface area contributed by atoms with E-state index in [1.54, 1.807) is 25.1 Å². The van der Waals surface area contributed by atoms with Crippen LogP contribution in [-0.4, -0.2) is 17.0 Å². The predicted octanol–water partition coefficient (Wildman–Crippen LogP) is 1.90. The van der Waals surface area contributed by atoms with Gasteiger partial charge in [-0.3, -0.25) is 4.79 Å². The second-order valence-corrected chi connectivity index (χ2v) is 2.87. The molecule has 0 unspecified atom stereocenters. The Morgan fingerprint density at radius 3 is 2.33 bits per heavy atom. The van der Waals surface area contributed by atoms with E-state index in [0.29, 0.717) is 5.69 Å². The number of anilines is 1. The summed E-state index contributed by atoms with van der Waals surface area (Å²) in [6.45, 7) is 1.74. The number of aromatic carboxylic acids is 1. The average Bonchev–Trinajstić information content (AvgIpc) is 2.18. The summed E-state index contributed by atoms with van der Waals surface area (Å²) in [6.07, 6.45) is 3.02. The van der Waals surface area contributed by atoms with Crippen molar-refractivity contribution in [3.8, 4) is 0 Å².